The number of hydrogen-bond acceptors (Lipinski definition) is 2. The van der Waals surface area contributed by atoms with Gasteiger partial charge in [-0.15, -0.1) is 0 Å². The first-order chi connectivity index (χ1) is 27.8. The molecule has 3 heterocycles. The molecule has 0 radical (unpaired) electrons. The minimum Gasteiger partial charge on any atom is -0.457 e. The topological polar surface area (TPSA) is 27.3 Å². The number of ether oxygens (including phenoxy) is 1. The first-order valence-corrected chi connectivity index (χ1v) is 19.6. The monoisotopic (exact) mass is 715 g/mol. The van der Waals surface area contributed by atoms with Crippen LogP contribution in [0.4, 0.5) is 0 Å². The van der Waals surface area contributed by atoms with E-state index in [1.54, 1.807) is 0 Å². The average Bonchev–Trinajstić information content (AvgIpc) is 3.89. The summed E-state index contributed by atoms with van der Waals surface area (Å²) in [4.78, 5) is 0. The number of benzene rings is 8. The molecular formula is C53H33NO2. The maximum absolute atomic E-state index is 6.70. The summed E-state index contributed by atoms with van der Waals surface area (Å²) in [5.41, 5.74) is 15.2. The van der Waals surface area contributed by atoms with Gasteiger partial charge in [0.1, 0.15) is 22.7 Å². The van der Waals surface area contributed by atoms with Gasteiger partial charge in [0.25, 0.3) is 0 Å². The second-order valence-electron chi connectivity index (χ2n) is 15.4. The van der Waals surface area contributed by atoms with Gasteiger partial charge in [-0.1, -0.05) is 121 Å². The van der Waals surface area contributed by atoms with Crippen molar-refractivity contribution >= 4 is 54.5 Å². The van der Waals surface area contributed by atoms with Gasteiger partial charge >= 0.3 is 0 Å². The highest BCUT2D eigenvalue weighted by molar-refractivity contribution is 6.14. The lowest BCUT2D eigenvalue weighted by molar-refractivity contribution is 0.389. The van der Waals surface area contributed by atoms with E-state index in [1.807, 2.05) is 12.1 Å². The Morgan fingerprint density at radius 2 is 1.23 bits per heavy atom. The Morgan fingerprint density at radius 3 is 2.20 bits per heavy atom. The SMILES string of the molecule is C1=CC2=C(CC1)C1(c3ccccc3O2)c2ccccc2-c2cc3c4ccccc4n(-c4cccc5c(-c6ccc7oc8ccccc8c7c6)cccc45)c3cc21. The maximum atomic E-state index is 6.70. The number of furan rings is 1. The number of allylic oxidation sites excluding steroid dienone is 3. The first-order valence-electron chi connectivity index (χ1n) is 19.6. The molecule has 0 amide bonds. The number of hydrogen-bond donors (Lipinski definition) is 0. The van der Waals surface area contributed by atoms with E-state index in [4.69, 9.17) is 9.15 Å². The summed E-state index contributed by atoms with van der Waals surface area (Å²) < 4.78 is 15.4. The summed E-state index contributed by atoms with van der Waals surface area (Å²) in [6, 6.07) is 60.1. The molecule has 3 heteroatoms. The number of fused-ring (bicyclic) bond motifs is 15. The van der Waals surface area contributed by atoms with E-state index in [1.165, 1.54) is 82.8 Å². The molecule has 13 rings (SSSR count). The molecule has 8 aromatic carbocycles. The molecule has 0 bridgehead atoms. The molecule has 0 saturated carbocycles. The molecule has 56 heavy (non-hydrogen) atoms. The Labute approximate surface area is 323 Å². The van der Waals surface area contributed by atoms with E-state index in [0.717, 1.165) is 46.3 Å². The van der Waals surface area contributed by atoms with Crippen LogP contribution in [-0.2, 0) is 5.41 Å². The van der Waals surface area contributed by atoms with Crippen molar-refractivity contribution in [1.82, 2.24) is 4.57 Å². The van der Waals surface area contributed by atoms with Crippen LogP contribution in [0.2, 0.25) is 0 Å². The van der Waals surface area contributed by atoms with Crippen LogP contribution in [0.3, 0.4) is 0 Å². The molecule has 1 unspecified atom stereocenters. The van der Waals surface area contributed by atoms with Gasteiger partial charge in [-0.25, -0.2) is 0 Å². The van der Waals surface area contributed by atoms with Crippen LogP contribution >= 0.6 is 0 Å². The summed E-state index contributed by atoms with van der Waals surface area (Å²) in [6.07, 6.45) is 6.40. The van der Waals surface area contributed by atoms with Crippen molar-refractivity contribution in [2.24, 2.45) is 0 Å². The highest BCUT2D eigenvalue weighted by atomic mass is 16.5. The lowest BCUT2D eigenvalue weighted by atomic mass is 9.64. The van der Waals surface area contributed by atoms with E-state index < -0.39 is 5.41 Å². The fourth-order valence-electron chi connectivity index (χ4n) is 10.5. The molecule has 0 N–H and O–H groups in total. The number of nitrogens with zero attached hydrogens (tertiary/aromatic N) is 1. The highest BCUT2D eigenvalue weighted by Crippen LogP contribution is 2.62. The molecule has 1 aliphatic heterocycles. The van der Waals surface area contributed by atoms with Gasteiger partial charge in [-0.3, -0.25) is 0 Å². The zero-order chi connectivity index (χ0) is 36.5. The van der Waals surface area contributed by atoms with Crippen molar-refractivity contribution in [2.75, 3.05) is 0 Å². The Hall–Kier alpha value is -7.10. The summed E-state index contributed by atoms with van der Waals surface area (Å²) >= 11 is 0. The zero-order valence-electron chi connectivity index (χ0n) is 30.4. The van der Waals surface area contributed by atoms with E-state index in [9.17, 15) is 0 Å². The summed E-state index contributed by atoms with van der Waals surface area (Å²) in [6.45, 7) is 0. The van der Waals surface area contributed by atoms with Crippen LogP contribution in [0.15, 0.2) is 192 Å². The molecule has 3 nitrogen and oxygen atoms in total. The quantitative estimate of drug-likeness (QED) is 0.178. The number of aromatic nitrogens is 1. The number of para-hydroxylation sites is 3. The van der Waals surface area contributed by atoms with E-state index in [0.29, 0.717) is 0 Å². The minimum absolute atomic E-state index is 0.460. The second kappa shape index (κ2) is 11.0. The van der Waals surface area contributed by atoms with E-state index >= 15 is 0 Å². The Morgan fingerprint density at radius 1 is 0.482 bits per heavy atom. The Balaban J connectivity index is 1.11. The van der Waals surface area contributed by atoms with Gasteiger partial charge in [0.15, 0.2) is 0 Å². The lowest BCUT2D eigenvalue weighted by Gasteiger charge is -2.41. The van der Waals surface area contributed by atoms with Gasteiger partial charge in [0.2, 0.25) is 0 Å². The van der Waals surface area contributed by atoms with Crippen LogP contribution in [0.25, 0.3) is 82.5 Å². The molecule has 1 atom stereocenters. The maximum Gasteiger partial charge on any atom is 0.135 e. The van der Waals surface area contributed by atoms with Gasteiger partial charge < -0.3 is 13.7 Å². The fourth-order valence-corrected chi connectivity index (χ4v) is 10.5. The zero-order valence-corrected chi connectivity index (χ0v) is 30.4. The van der Waals surface area contributed by atoms with Crippen LogP contribution in [0.5, 0.6) is 5.75 Å². The van der Waals surface area contributed by atoms with Crippen molar-refractivity contribution in [3.63, 3.8) is 0 Å². The van der Waals surface area contributed by atoms with E-state index in [-0.39, 0.29) is 0 Å². The van der Waals surface area contributed by atoms with Crippen LogP contribution in [0, 0.1) is 0 Å². The molecule has 1 spiro atoms. The number of rotatable bonds is 2. The summed E-state index contributed by atoms with van der Waals surface area (Å²) in [7, 11) is 0. The fraction of sp³-hybridized carbons (Fsp3) is 0.0566. The van der Waals surface area contributed by atoms with Gasteiger partial charge in [0, 0.05) is 32.5 Å². The third-order valence-electron chi connectivity index (χ3n) is 12.8. The second-order valence-corrected chi connectivity index (χ2v) is 15.4. The highest BCUT2D eigenvalue weighted by Gasteiger charge is 2.52. The Kier molecular flexibility index (Phi) is 5.94. The van der Waals surface area contributed by atoms with Crippen molar-refractivity contribution < 1.29 is 9.15 Å². The van der Waals surface area contributed by atoms with Gasteiger partial charge in [0.05, 0.1) is 22.1 Å². The largest absolute Gasteiger partial charge is 0.457 e. The predicted molar refractivity (Wildman–Crippen MR) is 229 cm³/mol. The smallest absolute Gasteiger partial charge is 0.135 e. The van der Waals surface area contributed by atoms with Gasteiger partial charge in [-0.05, 0) is 112 Å². The summed E-state index contributed by atoms with van der Waals surface area (Å²) in [5, 5.41) is 7.22. The molecule has 262 valence electrons. The van der Waals surface area contributed by atoms with Crippen molar-refractivity contribution in [3.8, 4) is 33.7 Å². The predicted octanol–water partition coefficient (Wildman–Crippen LogP) is 13.8. The van der Waals surface area contributed by atoms with E-state index in [2.05, 4.69) is 168 Å². The molecule has 0 fully saturated rings. The first kappa shape index (κ1) is 30.3. The molecular weight excluding hydrogens is 683 g/mol. The Bertz CT molecular complexity index is 3410. The van der Waals surface area contributed by atoms with Gasteiger partial charge in [-0.2, -0.15) is 0 Å². The van der Waals surface area contributed by atoms with Crippen LogP contribution in [0.1, 0.15) is 29.5 Å². The van der Waals surface area contributed by atoms with Crippen molar-refractivity contribution in [1.29, 1.82) is 0 Å². The molecule has 2 aliphatic carbocycles. The average molecular weight is 716 g/mol. The summed E-state index contributed by atoms with van der Waals surface area (Å²) in [5.74, 6) is 1.92. The lowest BCUT2D eigenvalue weighted by Crippen LogP contribution is -2.35. The molecule has 3 aliphatic rings. The molecule has 0 saturated heterocycles. The third kappa shape index (κ3) is 3.82. The van der Waals surface area contributed by atoms with Crippen molar-refractivity contribution in [3.05, 3.63) is 204 Å². The standard InChI is InChI=1S/C53H33NO2/c1-4-19-42-35(13-1)39-30-40-37-14-2-7-22-46(37)54(48(40)31-45(39)53(42)43-20-5-9-25-51(43)56-52-26-10-6-21-44(52)53)47-23-12-17-34-33(16-11-18-36(34)47)32-27-28-50-41(29-32)38-15-3-8-24-49(38)55-50/h1-5,7-20,22-31H,6,21H2. The van der Waals surface area contributed by atoms with Crippen LogP contribution < -0.4 is 4.74 Å². The van der Waals surface area contributed by atoms with Crippen molar-refractivity contribution in [2.45, 2.75) is 18.3 Å². The minimum atomic E-state index is -0.460. The van der Waals surface area contributed by atoms with Crippen LogP contribution in [-0.4, -0.2) is 4.57 Å². The molecule has 10 aromatic rings. The third-order valence-corrected chi connectivity index (χ3v) is 12.8. The normalized spacial score (nSPS) is 16.9. The molecule has 2 aromatic heterocycles.